The highest BCUT2D eigenvalue weighted by atomic mass is 16.5. The summed E-state index contributed by atoms with van der Waals surface area (Å²) in [5.41, 5.74) is 2.47. The topological polar surface area (TPSA) is 47.9 Å². The van der Waals surface area contributed by atoms with Crippen molar-refractivity contribution in [3.8, 4) is 17.2 Å². The Kier molecular flexibility index (Phi) is 4.70. The molecule has 0 heterocycles. The molecule has 112 valence electrons. The first-order valence-electron chi connectivity index (χ1n) is 6.64. The molecule has 2 aromatic carbocycles. The van der Waals surface area contributed by atoms with E-state index in [4.69, 9.17) is 14.2 Å². The van der Waals surface area contributed by atoms with Crippen molar-refractivity contribution in [3.05, 3.63) is 53.1 Å². The van der Waals surface area contributed by atoms with Crippen molar-refractivity contribution in [3.63, 3.8) is 0 Å². The number of aryl methyl sites for hydroxylation is 1. The van der Waals surface area contributed by atoms with Crippen LogP contribution in [0.15, 0.2) is 36.4 Å². The maximum Gasteiger partial charge on any atom is 0.125 e. The molecule has 2 aromatic rings. The minimum absolute atomic E-state index is 0.634. The average Bonchev–Trinajstić information content (AvgIpc) is 2.53. The summed E-state index contributed by atoms with van der Waals surface area (Å²) in [7, 11) is 4.76. The van der Waals surface area contributed by atoms with Gasteiger partial charge in [0.2, 0.25) is 0 Å². The molecule has 0 aromatic heterocycles. The van der Waals surface area contributed by atoms with Crippen LogP contribution < -0.4 is 14.2 Å². The molecule has 0 radical (unpaired) electrons. The van der Waals surface area contributed by atoms with Crippen LogP contribution in [-0.2, 0) is 0 Å². The molecule has 1 unspecified atom stereocenters. The van der Waals surface area contributed by atoms with Crippen LogP contribution in [0.4, 0.5) is 0 Å². The summed E-state index contributed by atoms with van der Waals surface area (Å²) in [4.78, 5) is 0. The number of rotatable bonds is 5. The van der Waals surface area contributed by atoms with Crippen molar-refractivity contribution >= 4 is 0 Å². The Morgan fingerprint density at radius 3 is 2.00 bits per heavy atom. The lowest BCUT2D eigenvalue weighted by Gasteiger charge is -2.17. The van der Waals surface area contributed by atoms with Crippen LogP contribution in [0.1, 0.15) is 22.8 Å². The van der Waals surface area contributed by atoms with Gasteiger partial charge in [-0.05, 0) is 36.2 Å². The van der Waals surface area contributed by atoms with Crippen LogP contribution in [-0.4, -0.2) is 26.4 Å². The second kappa shape index (κ2) is 6.50. The van der Waals surface area contributed by atoms with E-state index in [1.165, 1.54) is 0 Å². The lowest BCUT2D eigenvalue weighted by molar-refractivity contribution is 0.213. The summed E-state index contributed by atoms with van der Waals surface area (Å²) in [6, 6.07) is 11.0. The van der Waals surface area contributed by atoms with Gasteiger partial charge in [-0.2, -0.15) is 0 Å². The molecule has 0 fully saturated rings. The van der Waals surface area contributed by atoms with Crippen LogP contribution in [0, 0.1) is 6.92 Å². The van der Waals surface area contributed by atoms with Gasteiger partial charge in [0.05, 0.1) is 21.3 Å². The highest BCUT2D eigenvalue weighted by Gasteiger charge is 2.17. The first-order valence-corrected chi connectivity index (χ1v) is 6.64. The SMILES string of the molecule is COc1cc(OC)cc(C(O)c2ccc(C)cc2OC)c1. The Morgan fingerprint density at radius 2 is 1.48 bits per heavy atom. The number of hydrogen-bond acceptors (Lipinski definition) is 4. The monoisotopic (exact) mass is 288 g/mol. The van der Waals surface area contributed by atoms with Crippen LogP contribution in [0.3, 0.4) is 0 Å². The Morgan fingerprint density at radius 1 is 0.857 bits per heavy atom. The summed E-state index contributed by atoms with van der Waals surface area (Å²) in [5.74, 6) is 1.92. The Labute approximate surface area is 124 Å². The van der Waals surface area contributed by atoms with E-state index in [2.05, 4.69) is 0 Å². The van der Waals surface area contributed by atoms with Gasteiger partial charge in [0.1, 0.15) is 23.4 Å². The molecule has 0 bridgehead atoms. The molecule has 0 aliphatic rings. The van der Waals surface area contributed by atoms with Gasteiger partial charge in [-0.25, -0.2) is 0 Å². The molecule has 0 aliphatic heterocycles. The normalized spacial score (nSPS) is 11.9. The van der Waals surface area contributed by atoms with E-state index in [-0.39, 0.29) is 0 Å². The van der Waals surface area contributed by atoms with Gasteiger partial charge in [-0.1, -0.05) is 12.1 Å². The zero-order chi connectivity index (χ0) is 15.4. The highest BCUT2D eigenvalue weighted by molar-refractivity contribution is 5.46. The summed E-state index contributed by atoms with van der Waals surface area (Å²) in [6.07, 6.45) is -0.815. The Bertz CT molecular complexity index is 600. The summed E-state index contributed by atoms with van der Waals surface area (Å²) >= 11 is 0. The zero-order valence-electron chi connectivity index (χ0n) is 12.7. The van der Waals surface area contributed by atoms with Crippen molar-refractivity contribution in [2.24, 2.45) is 0 Å². The maximum atomic E-state index is 10.6. The van der Waals surface area contributed by atoms with Crippen LogP contribution in [0.5, 0.6) is 17.2 Å². The number of methoxy groups -OCH3 is 3. The number of aliphatic hydroxyl groups is 1. The molecule has 0 saturated heterocycles. The van der Waals surface area contributed by atoms with Gasteiger partial charge in [0.25, 0.3) is 0 Å². The quantitative estimate of drug-likeness (QED) is 0.918. The van der Waals surface area contributed by atoms with Crippen molar-refractivity contribution in [1.29, 1.82) is 0 Å². The van der Waals surface area contributed by atoms with E-state index >= 15 is 0 Å². The van der Waals surface area contributed by atoms with Gasteiger partial charge in [-0.3, -0.25) is 0 Å². The highest BCUT2D eigenvalue weighted by Crippen LogP contribution is 2.34. The minimum atomic E-state index is -0.815. The van der Waals surface area contributed by atoms with Gasteiger partial charge < -0.3 is 19.3 Å². The fraction of sp³-hybridized carbons (Fsp3) is 0.294. The van der Waals surface area contributed by atoms with Gasteiger partial charge in [0.15, 0.2) is 0 Å². The number of ether oxygens (including phenoxy) is 3. The van der Waals surface area contributed by atoms with Gasteiger partial charge in [-0.15, -0.1) is 0 Å². The molecule has 0 aliphatic carbocycles. The Hall–Kier alpha value is -2.20. The summed E-state index contributed by atoms with van der Waals surface area (Å²) < 4.78 is 15.8. The molecule has 0 saturated carbocycles. The first-order chi connectivity index (χ1) is 10.1. The van der Waals surface area contributed by atoms with E-state index in [9.17, 15) is 5.11 Å². The minimum Gasteiger partial charge on any atom is -0.497 e. The summed E-state index contributed by atoms with van der Waals surface area (Å²) in [5, 5.41) is 10.6. The van der Waals surface area contributed by atoms with Crippen LogP contribution in [0.2, 0.25) is 0 Å². The second-order valence-electron chi connectivity index (χ2n) is 4.79. The maximum absolute atomic E-state index is 10.6. The fourth-order valence-electron chi connectivity index (χ4n) is 2.21. The lowest BCUT2D eigenvalue weighted by atomic mass is 9.99. The third-order valence-electron chi connectivity index (χ3n) is 3.37. The molecular formula is C17H20O4. The van der Waals surface area contributed by atoms with E-state index < -0.39 is 6.10 Å². The molecule has 1 N–H and O–H groups in total. The molecule has 21 heavy (non-hydrogen) atoms. The molecule has 1 atom stereocenters. The predicted molar refractivity (Wildman–Crippen MR) is 81.3 cm³/mol. The summed E-state index contributed by atoms with van der Waals surface area (Å²) in [6.45, 7) is 1.98. The third kappa shape index (κ3) is 3.28. The second-order valence-corrected chi connectivity index (χ2v) is 4.79. The van der Waals surface area contributed by atoms with E-state index in [1.807, 2.05) is 25.1 Å². The number of aliphatic hydroxyl groups excluding tert-OH is 1. The smallest absolute Gasteiger partial charge is 0.125 e. The zero-order valence-corrected chi connectivity index (χ0v) is 12.7. The van der Waals surface area contributed by atoms with Crippen molar-refractivity contribution in [1.82, 2.24) is 0 Å². The van der Waals surface area contributed by atoms with E-state index in [1.54, 1.807) is 39.5 Å². The van der Waals surface area contributed by atoms with E-state index in [0.29, 0.717) is 28.4 Å². The van der Waals surface area contributed by atoms with Crippen molar-refractivity contribution in [2.45, 2.75) is 13.0 Å². The molecule has 0 amide bonds. The van der Waals surface area contributed by atoms with Gasteiger partial charge >= 0.3 is 0 Å². The number of benzene rings is 2. The average molecular weight is 288 g/mol. The lowest BCUT2D eigenvalue weighted by Crippen LogP contribution is -2.03. The van der Waals surface area contributed by atoms with E-state index in [0.717, 1.165) is 5.56 Å². The third-order valence-corrected chi connectivity index (χ3v) is 3.37. The molecule has 4 nitrogen and oxygen atoms in total. The van der Waals surface area contributed by atoms with Crippen molar-refractivity contribution < 1.29 is 19.3 Å². The van der Waals surface area contributed by atoms with Crippen LogP contribution >= 0.6 is 0 Å². The fourth-order valence-corrected chi connectivity index (χ4v) is 2.21. The standard InChI is InChI=1S/C17H20O4/c1-11-5-6-15(16(7-11)21-4)17(18)12-8-13(19-2)10-14(9-12)20-3/h5-10,17-18H,1-4H3. The largest absolute Gasteiger partial charge is 0.497 e. The number of hydrogen-bond donors (Lipinski definition) is 1. The first kappa shape index (κ1) is 15.2. The molecule has 0 spiro atoms. The molecular weight excluding hydrogens is 268 g/mol. The molecule has 2 rings (SSSR count). The van der Waals surface area contributed by atoms with Crippen LogP contribution in [0.25, 0.3) is 0 Å². The van der Waals surface area contributed by atoms with Crippen molar-refractivity contribution in [2.75, 3.05) is 21.3 Å². The Balaban J connectivity index is 2.46. The predicted octanol–water partition coefficient (Wildman–Crippen LogP) is 3.10. The molecule has 4 heteroatoms. The van der Waals surface area contributed by atoms with Gasteiger partial charge in [0, 0.05) is 11.6 Å².